The van der Waals surface area contributed by atoms with Gasteiger partial charge in [-0.2, -0.15) is 0 Å². The molecule has 0 saturated carbocycles. The Labute approximate surface area is 124 Å². The molecule has 1 atom stereocenters. The highest BCUT2D eigenvalue weighted by Crippen LogP contribution is 2.25. The molecule has 4 nitrogen and oxygen atoms in total. The fourth-order valence-electron chi connectivity index (χ4n) is 2.43. The third-order valence-corrected chi connectivity index (χ3v) is 3.49. The summed E-state index contributed by atoms with van der Waals surface area (Å²) < 4.78 is 5.32. The summed E-state index contributed by atoms with van der Waals surface area (Å²) >= 11 is 0. The van der Waals surface area contributed by atoms with Gasteiger partial charge in [-0.25, -0.2) is 4.79 Å². The van der Waals surface area contributed by atoms with Crippen molar-refractivity contribution < 1.29 is 9.53 Å². The molecule has 2 aromatic carbocycles. The second-order valence-electron chi connectivity index (χ2n) is 5.02. The maximum atomic E-state index is 12.7. The van der Waals surface area contributed by atoms with Gasteiger partial charge in [0.25, 0.3) is 0 Å². The van der Waals surface area contributed by atoms with Crippen LogP contribution in [-0.2, 0) is 4.74 Å². The molecule has 108 valence electrons. The van der Waals surface area contributed by atoms with Crippen molar-refractivity contribution in [2.24, 2.45) is 0 Å². The minimum Gasteiger partial charge on any atom is -0.379 e. The summed E-state index contributed by atoms with van der Waals surface area (Å²) in [5, 5.41) is 3.04. The number of carbonyl (C=O) groups excluding carboxylic acids is 1. The van der Waals surface area contributed by atoms with E-state index in [1.807, 2.05) is 60.7 Å². The number of benzene rings is 2. The van der Waals surface area contributed by atoms with Gasteiger partial charge in [-0.15, -0.1) is 0 Å². The summed E-state index contributed by atoms with van der Waals surface area (Å²) in [6, 6.07) is 19.3. The summed E-state index contributed by atoms with van der Waals surface area (Å²) in [6.07, 6.45) is 0.864. The van der Waals surface area contributed by atoms with Crippen LogP contribution in [-0.4, -0.2) is 25.3 Å². The minimum atomic E-state index is -0.122. The van der Waals surface area contributed by atoms with Crippen LogP contribution in [0.1, 0.15) is 6.42 Å². The van der Waals surface area contributed by atoms with E-state index in [1.165, 1.54) is 0 Å². The Hall–Kier alpha value is -2.33. The standard InChI is InChI=1S/C17H18N2O2/c20-17(18-14-11-12-21-13-14)19(15-7-3-1-4-8-15)16-9-5-2-6-10-16/h1-10,14H,11-13H2,(H,18,20). The van der Waals surface area contributed by atoms with Gasteiger partial charge in [0.1, 0.15) is 0 Å². The highest BCUT2D eigenvalue weighted by Gasteiger charge is 2.23. The number of para-hydroxylation sites is 2. The Morgan fingerprint density at radius 2 is 1.57 bits per heavy atom. The van der Waals surface area contributed by atoms with Gasteiger partial charge in [-0.1, -0.05) is 36.4 Å². The number of carbonyl (C=O) groups is 1. The smallest absolute Gasteiger partial charge is 0.326 e. The maximum absolute atomic E-state index is 12.7. The average molecular weight is 282 g/mol. The molecule has 1 heterocycles. The van der Waals surface area contributed by atoms with Crippen molar-refractivity contribution in [1.29, 1.82) is 0 Å². The lowest BCUT2D eigenvalue weighted by atomic mass is 10.2. The summed E-state index contributed by atoms with van der Waals surface area (Å²) in [5.41, 5.74) is 1.69. The first kappa shape index (κ1) is 13.6. The van der Waals surface area contributed by atoms with Crippen molar-refractivity contribution in [3.8, 4) is 0 Å². The van der Waals surface area contributed by atoms with E-state index in [-0.39, 0.29) is 12.1 Å². The normalized spacial score (nSPS) is 17.4. The van der Waals surface area contributed by atoms with E-state index in [9.17, 15) is 4.79 Å². The van der Waals surface area contributed by atoms with Gasteiger partial charge in [0, 0.05) is 6.61 Å². The number of hydrogen-bond donors (Lipinski definition) is 1. The fourth-order valence-corrected chi connectivity index (χ4v) is 2.43. The topological polar surface area (TPSA) is 41.6 Å². The minimum absolute atomic E-state index is 0.0902. The number of nitrogens with zero attached hydrogens (tertiary/aromatic N) is 1. The van der Waals surface area contributed by atoms with Crippen LogP contribution in [0.15, 0.2) is 60.7 Å². The molecular weight excluding hydrogens is 264 g/mol. The number of urea groups is 1. The molecule has 1 aliphatic rings. The molecule has 2 amide bonds. The Morgan fingerprint density at radius 1 is 1.00 bits per heavy atom. The predicted molar refractivity (Wildman–Crippen MR) is 82.8 cm³/mol. The second-order valence-corrected chi connectivity index (χ2v) is 5.02. The van der Waals surface area contributed by atoms with Crippen molar-refractivity contribution in [3.05, 3.63) is 60.7 Å². The molecule has 3 rings (SSSR count). The van der Waals surface area contributed by atoms with Crippen LogP contribution in [0.25, 0.3) is 0 Å². The van der Waals surface area contributed by atoms with Gasteiger partial charge < -0.3 is 10.1 Å². The summed E-state index contributed by atoms with van der Waals surface area (Å²) in [5.74, 6) is 0. The van der Waals surface area contributed by atoms with E-state index in [0.29, 0.717) is 13.2 Å². The van der Waals surface area contributed by atoms with Crippen molar-refractivity contribution in [3.63, 3.8) is 0 Å². The van der Waals surface area contributed by atoms with Crippen LogP contribution in [0.3, 0.4) is 0 Å². The number of rotatable bonds is 3. The molecule has 0 radical (unpaired) electrons. The molecule has 2 aromatic rings. The van der Waals surface area contributed by atoms with E-state index >= 15 is 0 Å². The molecule has 21 heavy (non-hydrogen) atoms. The van der Waals surface area contributed by atoms with Gasteiger partial charge in [0.2, 0.25) is 0 Å². The quantitative estimate of drug-likeness (QED) is 0.938. The zero-order valence-corrected chi connectivity index (χ0v) is 11.7. The molecule has 0 aromatic heterocycles. The highest BCUT2D eigenvalue weighted by atomic mass is 16.5. The highest BCUT2D eigenvalue weighted by molar-refractivity contribution is 5.99. The first-order valence-electron chi connectivity index (χ1n) is 7.13. The molecule has 1 fully saturated rings. The van der Waals surface area contributed by atoms with Crippen molar-refractivity contribution in [2.75, 3.05) is 18.1 Å². The SMILES string of the molecule is O=C(NC1CCOC1)N(c1ccccc1)c1ccccc1. The molecule has 0 aliphatic carbocycles. The van der Waals surface area contributed by atoms with E-state index in [0.717, 1.165) is 17.8 Å². The molecule has 1 N–H and O–H groups in total. The lowest BCUT2D eigenvalue weighted by molar-refractivity contribution is 0.189. The fraction of sp³-hybridized carbons (Fsp3) is 0.235. The Balaban J connectivity index is 1.87. The van der Waals surface area contributed by atoms with E-state index in [2.05, 4.69) is 5.32 Å². The molecule has 0 spiro atoms. The molecular formula is C17H18N2O2. The van der Waals surface area contributed by atoms with Gasteiger partial charge >= 0.3 is 6.03 Å². The first-order valence-corrected chi connectivity index (χ1v) is 7.13. The van der Waals surface area contributed by atoms with Gasteiger partial charge in [0.15, 0.2) is 0 Å². The molecule has 0 bridgehead atoms. The van der Waals surface area contributed by atoms with E-state index in [1.54, 1.807) is 4.90 Å². The van der Waals surface area contributed by atoms with E-state index < -0.39 is 0 Å². The largest absolute Gasteiger partial charge is 0.379 e. The molecule has 4 heteroatoms. The van der Waals surface area contributed by atoms with Gasteiger partial charge in [-0.3, -0.25) is 4.90 Å². The Kier molecular flexibility index (Phi) is 4.17. The third kappa shape index (κ3) is 3.23. The number of amides is 2. The van der Waals surface area contributed by atoms with Gasteiger partial charge in [0.05, 0.1) is 24.0 Å². The van der Waals surface area contributed by atoms with Crippen molar-refractivity contribution in [1.82, 2.24) is 5.32 Å². The van der Waals surface area contributed by atoms with Crippen molar-refractivity contribution in [2.45, 2.75) is 12.5 Å². The zero-order chi connectivity index (χ0) is 14.5. The molecule has 1 unspecified atom stereocenters. The van der Waals surface area contributed by atoms with Crippen LogP contribution in [0, 0.1) is 0 Å². The summed E-state index contributed by atoms with van der Waals surface area (Å²) in [4.78, 5) is 14.4. The maximum Gasteiger partial charge on any atom is 0.326 e. The number of nitrogens with one attached hydrogen (secondary N) is 1. The lowest BCUT2D eigenvalue weighted by Gasteiger charge is -2.25. The first-order chi connectivity index (χ1) is 10.3. The summed E-state index contributed by atoms with van der Waals surface area (Å²) in [6.45, 7) is 1.30. The van der Waals surface area contributed by atoms with Gasteiger partial charge in [-0.05, 0) is 30.7 Å². The third-order valence-electron chi connectivity index (χ3n) is 3.49. The monoisotopic (exact) mass is 282 g/mol. The van der Waals surface area contributed by atoms with Crippen LogP contribution in [0.4, 0.5) is 16.2 Å². The Morgan fingerprint density at radius 3 is 2.05 bits per heavy atom. The van der Waals surface area contributed by atoms with Crippen molar-refractivity contribution >= 4 is 17.4 Å². The second kappa shape index (κ2) is 6.41. The predicted octanol–water partition coefficient (Wildman–Crippen LogP) is 3.32. The number of hydrogen-bond acceptors (Lipinski definition) is 2. The zero-order valence-electron chi connectivity index (χ0n) is 11.7. The average Bonchev–Trinajstić information content (AvgIpc) is 3.02. The summed E-state index contributed by atoms with van der Waals surface area (Å²) in [7, 11) is 0. The van der Waals surface area contributed by atoms with Crippen LogP contribution in [0.2, 0.25) is 0 Å². The van der Waals surface area contributed by atoms with Crippen LogP contribution in [0.5, 0.6) is 0 Å². The lowest BCUT2D eigenvalue weighted by Crippen LogP contribution is -2.43. The number of ether oxygens (including phenoxy) is 1. The van der Waals surface area contributed by atoms with Crippen LogP contribution < -0.4 is 10.2 Å². The molecule has 1 aliphatic heterocycles. The van der Waals surface area contributed by atoms with E-state index in [4.69, 9.17) is 4.74 Å². The number of anilines is 2. The Bertz CT molecular complexity index is 541. The molecule has 1 saturated heterocycles. The van der Waals surface area contributed by atoms with Crippen LogP contribution >= 0.6 is 0 Å².